The molecule has 1 atom stereocenters. The van der Waals surface area contributed by atoms with Crippen LogP contribution in [-0.2, 0) is 10.3 Å². The monoisotopic (exact) mass is 354 g/mol. The summed E-state index contributed by atoms with van der Waals surface area (Å²) in [5, 5.41) is 0. The van der Waals surface area contributed by atoms with Gasteiger partial charge in [-0.2, -0.15) is 0 Å². The van der Waals surface area contributed by atoms with Gasteiger partial charge in [-0.15, -0.1) is 0 Å². The highest BCUT2D eigenvalue weighted by Crippen LogP contribution is 2.47. The van der Waals surface area contributed by atoms with Crippen LogP contribution in [0.15, 0.2) is 36.7 Å². The maximum absolute atomic E-state index is 13.5. The molecule has 0 radical (unpaired) electrons. The summed E-state index contributed by atoms with van der Waals surface area (Å²) in [7, 11) is 0. The van der Waals surface area contributed by atoms with E-state index in [4.69, 9.17) is 0 Å². The van der Waals surface area contributed by atoms with E-state index in [1.807, 2.05) is 29.3 Å². The highest BCUT2D eigenvalue weighted by Gasteiger charge is 2.51. The fourth-order valence-electron chi connectivity index (χ4n) is 4.84. The number of carbonyl (C=O) groups is 1. The number of hydrogen-bond donors (Lipinski definition) is 0. The first-order chi connectivity index (χ1) is 12.7. The van der Waals surface area contributed by atoms with Gasteiger partial charge in [0.15, 0.2) is 5.82 Å². The molecule has 5 nitrogen and oxygen atoms in total. The maximum Gasteiger partial charge on any atom is 0.225 e. The first-order valence-electron chi connectivity index (χ1n) is 9.50. The Balaban J connectivity index is 1.58. The van der Waals surface area contributed by atoms with Crippen LogP contribution in [0.1, 0.15) is 31.4 Å². The molecule has 1 amide bonds. The molecule has 2 aromatic rings. The summed E-state index contributed by atoms with van der Waals surface area (Å²) in [6, 6.07) is 8.03. The molecule has 0 aromatic carbocycles. The molecule has 1 aliphatic carbocycles. The van der Waals surface area contributed by atoms with Crippen LogP contribution in [0.4, 0.5) is 10.1 Å². The molecule has 0 bridgehead atoms. The van der Waals surface area contributed by atoms with Gasteiger partial charge in [-0.05, 0) is 43.5 Å². The summed E-state index contributed by atoms with van der Waals surface area (Å²) < 4.78 is 15.6. The van der Waals surface area contributed by atoms with Crippen LogP contribution in [0.5, 0.6) is 0 Å². The summed E-state index contributed by atoms with van der Waals surface area (Å²) in [5.41, 5.74) is 1.69. The number of likely N-dealkylation sites (tertiary alicyclic amines) is 1. The number of hydrogen-bond acceptors (Lipinski definition) is 3. The Bertz CT molecular complexity index is 846. The number of aromatic nitrogens is 2. The fraction of sp³-hybridized carbons (Fsp3) is 0.500. The van der Waals surface area contributed by atoms with Crippen LogP contribution >= 0.6 is 0 Å². The third-order valence-electron chi connectivity index (χ3n) is 6.35. The number of anilines is 1. The van der Waals surface area contributed by atoms with E-state index in [0.717, 1.165) is 49.4 Å². The van der Waals surface area contributed by atoms with Crippen LogP contribution in [0, 0.1) is 5.92 Å². The maximum atomic E-state index is 13.5. The van der Waals surface area contributed by atoms with E-state index in [1.54, 1.807) is 6.20 Å². The standard InChI is InChI=1S/C20H23FN4O/c21-9-13-25-16-6-2-10-22-18(16)24-11-3-7-17(24)20(25)8-12-23(14-20)19(26)15-4-1-5-15/h2-3,6-7,10-11,15H,1,4-5,8-9,12-14H2. The normalized spacial score (nSPS) is 24.5. The van der Waals surface area contributed by atoms with Crippen molar-refractivity contribution in [2.24, 2.45) is 5.92 Å². The Morgan fingerprint density at radius 1 is 1.31 bits per heavy atom. The first-order valence-corrected chi connectivity index (χ1v) is 9.50. The molecule has 6 heteroatoms. The summed E-state index contributed by atoms with van der Waals surface area (Å²) in [6.45, 7) is 1.25. The van der Waals surface area contributed by atoms with E-state index in [9.17, 15) is 9.18 Å². The minimum Gasteiger partial charge on any atom is -0.353 e. The first kappa shape index (κ1) is 15.9. The van der Waals surface area contributed by atoms with Gasteiger partial charge in [0.05, 0.1) is 11.4 Å². The fourth-order valence-corrected chi connectivity index (χ4v) is 4.84. The number of pyridine rings is 1. The van der Waals surface area contributed by atoms with E-state index >= 15 is 0 Å². The van der Waals surface area contributed by atoms with Crippen molar-refractivity contribution < 1.29 is 9.18 Å². The van der Waals surface area contributed by atoms with E-state index in [2.05, 4.69) is 20.5 Å². The number of rotatable bonds is 3. The van der Waals surface area contributed by atoms with E-state index in [0.29, 0.717) is 13.1 Å². The van der Waals surface area contributed by atoms with Crippen molar-refractivity contribution in [1.29, 1.82) is 0 Å². The van der Waals surface area contributed by atoms with Gasteiger partial charge in [0.1, 0.15) is 12.2 Å². The van der Waals surface area contributed by atoms with Crippen molar-refractivity contribution in [2.75, 3.05) is 31.2 Å². The number of alkyl halides is 1. The molecule has 1 saturated carbocycles. The van der Waals surface area contributed by atoms with E-state index in [-0.39, 0.29) is 17.4 Å². The Kier molecular flexibility index (Phi) is 3.55. The molecule has 26 heavy (non-hydrogen) atoms. The average Bonchev–Trinajstić information content (AvgIpc) is 3.26. The molecule has 1 saturated heterocycles. The number of halogens is 1. The van der Waals surface area contributed by atoms with Gasteiger partial charge >= 0.3 is 0 Å². The molecule has 2 aliphatic heterocycles. The van der Waals surface area contributed by atoms with Crippen LogP contribution in [-0.4, -0.2) is 46.7 Å². The summed E-state index contributed by atoms with van der Waals surface area (Å²) in [5.74, 6) is 1.32. The van der Waals surface area contributed by atoms with E-state index in [1.165, 1.54) is 0 Å². The molecule has 4 heterocycles. The number of carbonyl (C=O) groups excluding carboxylic acids is 1. The third kappa shape index (κ3) is 2.07. The zero-order valence-corrected chi connectivity index (χ0v) is 14.8. The second kappa shape index (κ2) is 5.83. The Labute approximate surface area is 152 Å². The van der Waals surface area contributed by atoms with Gasteiger partial charge < -0.3 is 14.4 Å². The number of amides is 1. The molecule has 0 N–H and O–H groups in total. The van der Waals surface area contributed by atoms with Gasteiger partial charge in [-0.1, -0.05) is 6.42 Å². The molecule has 5 rings (SSSR count). The van der Waals surface area contributed by atoms with Gasteiger partial charge in [-0.25, -0.2) is 9.37 Å². The van der Waals surface area contributed by atoms with Gasteiger partial charge in [0.25, 0.3) is 0 Å². The minimum absolute atomic E-state index is 0.198. The van der Waals surface area contributed by atoms with Crippen LogP contribution in [0.3, 0.4) is 0 Å². The topological polar surface area (TPSA) is 41.4 Å². The van der Waals surface area contributed by atoms with Crippen molar-refractivity contribution in [3.05, 3.63) is 42.4 Å². The largest absolute Gasteiger partial charge is 0.353 e. The highest BCUT2D eigenvalue weighted by molar-refractivity contribution is 5.80. The highest BCUT2D eigenvalue weighted by atomic mass is 19.1. The quantitative estimate of drug-likeness (QED) is 0.851. The minimum atomic E-state index is -0.423. The summed E-state index contributed by atoms with van der Waals surface area (Å²) in [6.07, 6.45) is 7.80. The SMILES string of the molecule is O=C(C1CCC1)N1CCC2(C1)c1cccn1-c1ncccc1N2CCF. The zero-order chi connectivity index (χ0) is 17.7. The van der Waals surface area contributed by atoms with Gasteiger partial charge in [0, 0.05) is 37.9 Å². The summed E-state index contributed by atoms with van der Waals surface area (Å²) in [4.78, 5) is 21.5. The molecule has 2 fully saturated rings. The smallest absolute Gasteiger partial charge is 0.225 e. The van der Waals surface area contributed by atoms with Crippen LogP contribution in [0.25, 0.3) is 5.82 Å². The van der Waals surface area contributed by atoms with Gasteiger partial charge in [-0.3, -0.25) is 4.79 Å². The van der Waals surface area contributed by atoms with Crippen molar-refractivity contribution in [3.8, 4) is 5.82 Å². The Morgan fingerprint density at radius 3 is 2.96 bits per heavy atom. The molecule has 1 spiro atoms. The molecular weight excluding hydrogens is 331 g/mol. The van der Waals surface area contributed by atoms with Crippen molar-refractivity contribution in [3.63, 3.8) is 0 Å². The predicted octanol–water partition coefficient (Wildman–Crippen LogP) is 2.89. The second-order valence-corrected chi connectivity index (χ2v) is 7.62. The Hall–Kier alpha value is -2.37. The molecule has 2 aromatic heterocycles. The van der Waals surface area contributed by atoms with Crippen LogP contribution in [0.2, 0.25) is 0 Å². The van der Waals surface area contributed by atoms with Crippen molar-refractivity contribution in [2.45, 2.75) is 31.2 Å². The lowest BCUT2D eigenvalue weighted by atomic mass is 9.84. The van der Waals surface area contributed by atoms with Crippen molar-refractivity contribution in [1.82, 2.24) is 14.5 Å². The number of nitrogens with zero attached hydrogens (tertiary/aromatic N) is 4. The van der Waals surface area contributed by atoms with E-state index < -0.39 is 6.67 Å². The molecule has 136 valence electrons. The third-order valence-corrected chi connectivity index (χ3v) is 6.35. The average molecular weight is 354 g/mol. The van der Waals surface area contributed by atoms with Crippen LogP contribution < -0.4 is 4.90 Å². The lowest BCUT2D eigenvalue weighted by Crippen LogP contribution is -2.54. The Morgan fingerprint density at radius 2 is 2.19 bits per heavy atom. The zero-order valence-electron chi connectivity index (χ0n) is 14.8. The van der Waals surface area contributed by atoms with Crippen molar-refractivity contribution >= 4 is 11.6 Å². The predicted molar refractivity (Wildman–Crippen MR) is 97.1 cm³/mol. The lowest BCUT2D eigenvalue weighted by molar-refractivity contribution is -0.137. The summed E-state index contributed by atoms with van der Waals surface area (Å²) >= 11 is 0. The molecule has 3 aliphatic rings. The van der Waals surface area contributed by atoms with Gasteiger partial charge in [0.2, 0.25) is 5.91 Å². The molecular formula is C20H23FN4O. The molecule has 1 unspecified atom stereocenters. The second-order valence-electron chi connectivity index (χ2n) is 7.62. The lowest BCUT2D eigenvalue weighted by Gasteiger charge is -2.47. The number of fused-ring (bicyclic) bond motifs is 4.